The van der Waals surface area contributed by atoms with Gasteiger partial charge in [-0.1, -0.05) is 12.1 Å². The topological polar surface area (TPSA) is 30.3 Å². The van der Waals surface area contributed by atoms with Crippen LogP contribution in [0.25, 0.3) is 11.0 Å². The number of aromatic nitrogens is 2. The van der Waals surface area contributed by atoms with Crippen molar-refractivity contribution in [1.29, 1.82) is 0 Å². The smallest absolute Gasteiger partial charge is 0.0961 e. The number of hydrogen-bond donors (Lipinski definition) is 0. The number of benzene rings is 1. The average molecular weight is 287 g/mol. The van der Waals surface area contributed by atoms with Gasteiger partial charge in [0.05, 0.1) is 24.0 Å². The lowest BCUT2D eigenvalue weighted by Crippen LogP contribution is -2.39. The molecular formula is C17H25N3O. The van der Waals surface area contributed by atoms with Crippen LogP contribution in [-0.4, -0.2) is 47.8 Å². The van der Waals surface area contributed by atoms with Crippen molar-refractivity contribution >= 4 is 11.0 Å². The van der Waals surface area contributed by atoms with E-state index < -0.39 is 0 Å². The molecule has 4 heteroatoms. The van der Waals surface area contributed by atoms with Crippen LogP contribution in [0.1, 0.15) is 25.8 Å². The maximum Gasteiger partial charge on any atom is 0.0961 e. The fraction of sp³-hybridized carbons (Fsp3) is 0.588. The lowest BCUT2D eigenvalue weighted by atomic mass is 9.98. The number of ether oxygens (including phenoxy) is 1. The second-order valence-electron chi connectivity index (χ2n) is 6.21. The van der Waals surface area contributed by atoms with E-state index in [-0.39, 0.29) is 0 Å². The minimum Gasteiger partial charge on any atom is -0.384 e. The monoisotopic (exact) mass is 287 g/mol. The van der Waals surface area contributed by atoms with Gasteiger partial charge >= 0.3 is 0 Å². The predicted octanol–water partition coefficient (Wildman–Crippen LogP) is 2.96. The Labute approximate surface area is 126 Å². The Morgan fingerprint density at radius 1 is 1.38 bits per heavy atom. The quantitative estimate of drug-likeness (QED) is 0.847. The van der Waals surface area contributed by atoms with Crippen LogP contribution in [0, 0.1) is 5.92 Å². The molecule has 0 bridgehead atoms. The van der Waals surface area contributed by atoms with Gasteiger partial charge in [-0.25, -0.2) is 4.98 Å². The second-order valence-corrected chi connectivity index (χ2v) is 6.21. The van der Waals surface area contributed by atoms with Crippen molar-refractivity contribution in [3.8, 4) is 0 Å². The first-order valence-corrected chi connectivity index (χ1v) is 7.91. The second kappa shape index (κ2) is 6.58. The van der Waals surface area contributed by atoms with Crippen molar-refractivity contribution < 1.29 is 4.74 Å². The van der Waals surface area contributed by atoms with Crippen molar-refractivity contribution in [2.45, 2.75) is 25.8 Å². The van der Waals surface area contributed by atoms with Crippen LogP contribution in [-0.2, 0) is 4.74 Å². The van der Waals surface area contributed by atoms with Gasteiger partial charge in [0, 0.05) is 26.2 Å². The highest BCUT2D eigenvalue weighted by Gasteiger charge is 2.21. The number of para-hydroxylation sites is 2. The Bertz CT molecular complexity index is 578. The van der Waals surface area contributed by atoms with E-state index in [2.05, 4.69) is 39.6 Å². The predicted molar refractivity (Wildman–Crippen MR) is 85.5 cm³/mol. The van der Waals surface area contributed by atoms with Gasteiger partial charge in [-0.15, -0.1) is 0 Å². The summed E-state index contributed by atoms with van der Waals surface area (Å²) in [7, 11) is 1.80. The molecule has 1 aromatic heterocycles. The third-order valence-corrected chi connectivity index (χ3v) is 4.48. The molecule has 2 heterocycles. The maximum atomic E-state index is 5.32. The van der Waals surface area contributed by atoms with E-state index in [1.807, 2.05) is 12.4 Å². The number of hydrogen-bond acceptors (Lipinski definition) is 3. The summed E-state index contributed by atoms with van der Waals surface area (Å²) in [6.07, 6.45) is 4.56. The Morgan fingerprint density at radius 3 is 3.10 bits per heavy atom. The van der Waals surface area contributed by atoms with E-state index in [0.29, 0.717) is 12.0 Å². The van der Waals surface area contributed by atoms with Crippen LogP contribution in [0.5, 0.6) is 0 Å². The van der Waals surface area contributed by atoms with Gasteiger partial charge in [-0.05, 0) is 44.4 Å². The third kappa shape index (κ3) is 3.27. The zero-order chi connectivity index (χ0) is 14.7. The summed E-state index contributed by atoms with van der Waals surface area (Å²) in [6.45, 7) is 6.62. The van der Waals surface area contributed by atoms with Gasteiger partial charge in [-0.3, -0.25) is 0 Å². The molecule has 21 heavy (non-hydrogen) atoms. The lowest BCUT2D eigenvalue weighted by molar-refractivity contribution is 0.0849. The maximum absolute atomic E-state index is 5.32. The molecule has 0 saturated carbocycles. The van der Waals surface area contributed by atoms with Gasteiger partial charge in [-0.2, -0.15) is 0 Å². The molecule has 0 radical (unpaired) electrons. The molecule has 1 fully saturated rings. The fourth-order valence-corrected chi connectivity index (χ4v) is 3.48. The van der Waals surface area contributed by atoms with Crippen LogP contribution >= 0.6 is 0 Å². The highest BCUT2D eigenvalue weighted by Crippen LogP contribution is 2.21. The van der Waals surface area contributed by atoms with Crippen LogP contribution in [0.2, 0.25) is 0 Å². The molecule has 114 valence electrons. The molecule has 0 aliphatic carbocycles. The molecule has 1 saturated heterocycles. The van der Waals surface area contributed by atoms with E-state index in [1.165, 1.54) is 24.9 Å². The van der Waals surface area contributed by atoms with Gasteiger partial charge in [0.15, 0.2) is 0 Å². The molecule has 1 aliphatic heterocycles. The van der Waals surface area contributed by atoms with E-state index in [4.69, 9.17) is 4.74 Å². The highest BCUT2D eigenvalue weighted by molar-refractivity contribution is 5.75. The first-order chi connectivity index (χ1) is 10.3. The van der Waals surface area contributed by atoms with Crippen molar-refractivity contribution in [3.63, 3.8) is 0 Å². The summed E-state index contributed by atoms with van der Waals surface area (Å²) < 4.78 is 7.62. The number of piperidine rings is 1. The van der Waals surface area contributed by atoms with Crippen LogP contribution in [0.4, 0.5) is 0 Å². The molecule has 0 amide bonds. The number of methoxy groups -OCH3 is 1. The van der Waals surface area contributed by atoms with E-state index in [1.54, 1.807) is 7.11 Å². The Kier molecular flexibility index (Phi) is 4.56. The molecule has 2 aromatic rings. The van der Waals surface area contributed by atoms with Gasteiger partial charge < -0.3 is 14.2 Å². The summed E-state index contributed by atoms with van der Waals surface area (Å²) in [5.41, 5.74) is 2.32. The van der Waals surface area contributed by atoms with Crippen LogP contribution in [0.15, 0.2) is 30.6 Å². The van der Waals surface area contributed by atoms with Crippen molar-refractivity contribution in [1.82, 2.24) is 14.5 Å². The molecular weight excluding hydrogens is 262 g/mol. The number of imidazole rings is 1. The molecule has 1 aromatic carbocycles. The van der Waals surface area contributed by atoms with Crippen molar-refractivity contribution in [2.75, 3.05) is 33.4 Å². The first-order valence-electron chi connectivity index (χ1n) is 7.91. The Hall–Kier alpha value is -1.39. The third-order valence-electron chi connectivity index (χ3n) is 4.48. The lowest BCUT2D eigenvalue weighted by Gasteiger charge is -2.34. The first kappa shape index (κ1) is 14.5. The molecule has 0 N–H and O–H groups in total. The largest absolute Gasteiger partial charge is 0.384 e. The standard InChI is InChI=1S/C17H25N3O/c1-14(10-19-9-5-6-15(11-19)12-21-2)20-13-18-16-7-3-4-8-17(16)20/h3-4,7-8,13-15H,5-6,9-12H2,1-2H3/t14-,15+/m1/s1. The van der Waals surface area contributed by atoms with Gasteiger partial charge in [0.2, 0.25) is 0 Å². The molecule has 3 rings (SSSR count). The van der Waals surface area contributed by atoms with Crippen LogP contribution < -0.4 is 0 Å². The minimum atomic E-state index is 0.443. The number of fused-ring (bicyclic) bond motifs is 1. The van der Waals surface area contributed by atoms with Crippen LogP contribution in [0.3, 0.4) is 0 Å². The number of likely N-dealkylation sites (tertiary alicyclic amines) is 1. The molecule has 4 nitrogen and oxygen atoms in total. The SMILES string of the molecule is COC[C@H]1CCCN(C[C@@H](C)n2cnc3ccccc32)C1. The molecule has 0 spiro atoms. The minimum absolute atomic E-state index is 0.443. The Balaban J connectivity index is 1.67. The summed E-state index contributed by atoms with van der Waals surface area (Å²) in [4.78, 5) is 7.08. The molecule has 2 atom stereocenters. The summed E-state index contributed by atoms with van der Waals surface area (Å²) >= 11 is 0. The Morgan fingerprint density at radius 2 is 2.24 bits per heavy atom. The number of rotatable bonds is 5. The summed E-state index contributed by atoms with van der Waals surface area (Å²) in [5.74, 6) is 0.690. The highest BCUT2D eigenvalue weighted by atomic mass is 16.5. The summed E-state index contributed by atoms with van der Waals surface area (Å²) in [6, 6.07) is 8.81. The molecule has 0 unspecified atom stereocenters. The van der Waals surface area contributed by atoms with E-state index >= 15 is 0 Å². The van der Waals surface area contributed by atoms with Crippen molar-refractivity contribution in [2.24, 2.45) is 5.92 Å². The van der Waals surface area contributed by atoms with Crippen molar-refractivity contribution in [3.05, 3.63) is 30.6 Å². The number of nitrogens with zero attached hydrogens (tertiary/aromatic N) is 3. The normalized spacial score (nSPS) is 21.7. The summed E-state index contributed by atoms with van der Waals surface area (Å²) in [5, 5.41) is 0. The fourth-order valence-electron chi connectivity index (χ4n) is 3.48. The zero-order valence-electron chi connectivity index (χ0n) is 13.0. The van der Waals surface area contributed by atoms with Gasteiger partial charge in [0.25, 0.3) is 0 Å². The zero-order valence-corrected chi connectivity index (χ0v) is 13.0. The molecule has 1 aliphatic rings. The van der Waals surface area contributed by atoms with Gasteiger partial charge in [0.1, 0.15) is 0 Å². The van der Waals surface area contributed by atoms with E-state index in [0.717, 1.165) is 25.2 Å². The van der Waals surface area contributed by atoms with E-state index in [9.17, 15) is 0 Å². The average Bonchev–Trinajstić information content (AvgIpc) is 2.92.